The Hall–Kier alpha value is -2.56. The molecule has 0 spiro atoms. The van der Waals surface area contributed by atoms with Crippen LogP contribution in [-0.2, 0) is 11.3 Å². The molecule has 0 atom stereocenters. The number of methoxy groups -OCH3 is 1. The smallest absolute Gasteiger partial charge is 0.339 e. The standard InChI is InChI=1S/C19H24N2O3/c1-5-11-21(12-15-9-7-6-8-10-15)18(22)17-13(2)16(14(3)20-17)19(23)24-4/h6-10,20H,5,11-12H2,1-4H3. The molecule has 5 heteroatoms. The fourth-order valence-electron chi connectivity index (χ4n) is 2.86. The Kier molecular flexibility index (Phi) is 5.79. The molecule has 0 radical (unpaired) electrons. The summed E-state index contributed by atoms with van der Waals surface area (Å²) in [5.74, 6) is -0.526. The first-order valence-corrected chi connectivity index (χ1v) is 8.10. The number of benzene rings is 1. The minimum Gasteiger partial charge on any atom is -0.465 e. The zero-order valence-corrected chi connectivity index (χ0v) is 14.7. The lowest BCUT2D eigenvalue weighted by Crippen LogP contribution is -2.32. The van der Waals surface area contributed by atoms with Gasteiger partial charge in [-0.25, -0.2) is 4.79 Å². The van der Waals surface area contributed by atoms with Gasteiger partial charge >= 0.3 is 5.97 Å². The molecule has 0 saturated carbocycles. The van der Waals surface area contributed by atoms with Crippen LogP contribution in [0.25, 0.3) is 0 Å². The summed E-state index contributed by atoms with van der Waals surface area (Å²) in [6, 6.07) is 9.88. The molecular weight excluding hydrogens is 304 g/mol. The third kappa shape index (κ3) is 3.67. The fourth-order valence-corrected chi connectivity index (χ4v) is 2.86. The predicted octanol–water partition coefficient (Wildman–Crippen LogP) is 3.47. The van der Waals surface area contributed by atoms with Gasteiger partial charge in [-0.05, 0) is 31.4 Å². The molecule has 2 rings (SSSR count). The first-order chi connectivity index (χ1) is 11.5. The molecule has 1 aromatic heterocycles. The number of amides is 1. The second-order valence-electron chi connectivity index (χ2n) is 5.83. The van der Waals surface area contributed by atoms with Gasteiger partial charge in [0.15, 0.2) is 0 Å². The number of hydrogen-bond acceptors (Lipinski definition) is 3. The van der Waals surface area contributed by atoms with Crippen LogP contribution < -0.4 is 0 Å². The van der Waals surface area contributed by atoms with Crippen LogP contribution >= 0.6 is 0 Å². The average molecular weight is 328 g/mol. The van der Waals surface area contributed by atoms with Gasteiger partial charge < -0.3 is 14.6 Å². The number of ether oxygens (including phenoxy) is 1. The highest BCUT2D eigenvalue weighted by atomic mass is 16.5. The molecule has 2 aromatic rings. The van der Waals surface area contributed by atoms with Gasteiger partial charge in [0.1, 0.15) is 5.69 Å². The summed E-state index contributed by atoms with van der Waals surface area (Å²) in [6.45, 7) is 6.78. The summed E-state index contributed by atoms with van der Waals surface area (Å²) in [5, 5.41) is 0. The molecule has 0 aliphatic rings. The van der Waals surface area contributed by atoms with E-state index in [0.717, 1.165) is 12.0 Å². The number of esters is 1. The Morgan fingerprint density at radius 3 is 2.42 bits per heavy atom. The molecule has 1 N–H and O–H groups in total. The summed E-state index contributed by atoms with van der Waals surface area (Å²) < 4.78 is 4.81. The lowest BCUT2D eigenvalue weighted by Gasteiger charge is -2.22. The van der Waals surface area contributed by atoms with Crippen molar-refractivity contribution >= 4 is 11.9 Å². The summed E-state index contributed by atoms with van der Waals surface area (Å²) in [4.78, 5) is 29.8. The Bertz CT molecular complexity index is 720. The van der Waals surface area contributed by atoms with Crippen LogP contribution in [0.3, 0.4) is 0 Å². The van der Waals surface area contributed by atoms with Crippen molar-refractivity contribution in [1.29, 1.82) is 0 Å². The topological polar surface area (TPSA) is 62.4 Å². The van der Waals surface area contributed by atoms with E-state index in [4.69, 9.17) is 4.74 Å². The van der Waals surface area contributed by atoms with Gasteiger partial charge in [-0.15, -0.1) is 0 Å². The predicted molar refractivity (Wildman–Crippen MR) is 93.1 cm³/mol. The molecule has 24 heavy (non-hydrogen) atoms. The van der Waals surface area contributed by atoms with E-state index in [1.54, 1.807) is 18.7 Å². The Labute approximate surface area is 142 Å². The van der Waals surface area contributed by atoms with Crippen LogP contribution in [0.1, 0.15) is 51.0 Å². The number of nitrogens with one attached hydrogen (secondary N) is 1. The monoisotopic (exact) mass is 328 g/mol. The van der Waals surface area contributed by atoms with E-state index in [9.17, 15) is 9.59 Å². The number of hydrogen-bond donors (Lipinski definition) is 1. The van der Waals surface area contributed by atoms with Crippen LogP contribution in [-0.4, -0.2) is 35.4 Å². The Morgan fingerprint density at radius 2 is 1.83 bits per heavy atom. The van der Waals surface area contributed by atoms with Crippen molar-refractivity contribution in [3.63, 3.8) is 0 Å². The van der Waals surface area contributed by atoms with Crippen molar-refractivity contribution in [2.24, 2.45) is 0 Å². The maximum atomic E-state index is 13.0. The van der Waals surface area contributed by atoms with E-state index >= 15 is 0 Å². The van der Waals surface area contributed by atoms with Crippen molar-refractivity contribution in [3.05, 3.63) is 58.4 Å². The summed E-state index contributed by atoms with van der Waals surface area (Å²) in [7, 11) is 1.34. The second kappa shape index (κ2) is 7.81. The fraction of sp³-hybridized carbons (Fsp3) is 0.368. The average Bonchev–Trinajstić information content (AvgIpc) is 2.88. The first-order valence-electron chi connectivity index (χ1n) is 8.10. The normalized spacial score (nSPS) is 10.5. The van der Waals surface area contributed by atoms with Gasteiger partial charge in [0, 0.05) is 18.8 Å². The molecule has 0 bridgehead atoms. The summed E-state index contributed by atoms with van der Waals surface area (Å²) in [6.07, 6.45) is 0.862. The number of nitrogens with zero attached hydrogens (tertiary/aromatic N) is 1. The quantitative estimate of drug-likeness (QED) is 0.826. The second-order valence-corrected chi connectivity index (χ2v) is 5.83. The third-order valence-corrected chi connectivity index (χ3v) is 4.04. The van der Waals surface area contributed by atoms with Crippen LogP contribution in [0.2, 0.25) is 0 Å². The number of aryl methyl sites for hydroxylation is 1. The molecule has 128 valence electrons. The van der Waals surface area contributed by atoms with Crippen LogP contribution in [0.15, 0.2) is 30.3 Å². The zero-order valence-electron chi connectivity index (χ0n) is 14.7. The summed E-state index contributed by atoms with van der Waals surface area (Å²) >= 11 is 0. The van der Waals surface area contributed by atoms with Crippen LogP contribution in [0, 0.1) is 13.8 Å². The van der Waals surface area contributed by atoms with E-state index in [2.05, 4.69) is 4.98 Å². The lowest BCUT2D eigenvalue weighted by molar-refractivity contribution is 0.0599. The minimum atomic E-state index is -0.426. The van der Waals surface area contributed by atoms with Crippen molar-refractivity contribution in [2.45, 2.75) is 33.7 Å². The van der Waals surface area contributed by atoms with Gasteiger partial charge in [-0.1, -0.05) is 37.3 Å². The molecular formula is C19H24N2O3. The molecule has 0 aliphatic heterocycles. The van der Waals surface area contributed by atoms with Gasteiger partial charge in [0.2, 0.25) is 0 Å². The Morgan fingerprint density at radius 1 is 1.17 bits per heavy atom. The number of rotatable bonds is 6. The van der Waals surface area contributed by atoms with Crippen molar-refractivity contribution in [2.75, 3.05) is 13.7 Å². The van der Waals surface area contributed by atoms with Gasteiger partial charge in [-0.3, -0.25) is 4.79 Å². The largest absolute Gasteiger partial charge is 0.465 e. The van der Waals surface area contributed by atoms with Crippen molar-refractivity contribution in [1.82, 2.24) is 9.88 Å². The van der Waals surface area contributed by atoms with Crippen molar-refractivity contribution < 1.29 is 14.3 Å². The van der Waals surface area contributed by atoms with E-state index < -0.39 is 5.97 Å². The molecule has 1 amide bonds. The van der Waals surface area contributed by atoms with E-state index in [0.29, 0.717) is 35.6 Å². The van der Waals surface area contributed by atoms with Gasteiger partial charge in [0.25, 0.3) is 5.91 Å². The SMILES string of the molecule is CCCN(Cc1ccccc1)C(=O)c1[nH]c(C)c(C(=O)OC)c1C. The number of carbonyl (C=O) groups is 2. The molecule has 0 unspecified atom stereocenters. The number of carbonyl (C=O) groups excluding carboxylic acids is 2. The molecule has 1 heterocycles. The minimum absolute atomic E-state index is 0.101. The maximum absolute atomic E-state index is 13.0. The first kappa shape index (κ1) is 17.8. The number of aromatic amines is 1. The molecule has 1 aromatic carbocycles. The zero-order chi connectivity index (χ0) is 17.7. The van der Waals surface area contributed by atoms with Gasteiger partial charge in [0.05, 0.1) is 12.7 Å². The number of H-pyrrole nitrogens is 1. The molecule has 0 aliphatic carbocycles. The summed E-state index contributed by atoms with van der Waals surface area (Å²) in [5.41, 5.74) is 3.26. The molecule has 0 fully saturated rings. The van der Waals surface area contributed by atoms with Crippen LogP contribution in [0.5, 0.6) is 0 Å². The highest BCUT2D eigenvalue weighted by molar-refractivity contribution is 6.00. The van der Waals surface area contributed by atoms with Gasteiger partial charge in [-0.2, -0.15) is 0 Å². The maximum Gasteiger partial charge on any atom is 0.339 e. The molecule has 0 saturated heterocycles. The number of aromatic nitrogens is 1. The highest BCUT2D eigenvalue weighted by Crippen LogP contribution is 2.21. The Balaban J connectivity index is 2.32. The third-order valence-electron chi connectivity index (χ3n) is 4.04. The highest BCUT2D eigenvalue weighted by Gasteiger charge is 2.25. The van der Waals surface area contributed by atoms with E-state index in [1.165, 1.54) is 7.11 Å². The molecule has 5 nitrogen and oxygen atoms in total. The van der Waals surface area contributed by atoms with Crippen molar-refractivity contribution in [3.8, 4) is 0 Å². The van der Waals surface area contributed by atoms with Crippen LogP contribution in [0.4, 0.5) is 0 Å². The van der Waals surface area contributed by atoms with E-state index in [1.807, 2.05) is 37.3 Å². The lowest BCUT2D eigenvalue weighted by atomic mass is 10.1. The van der Waals surface area contributed by atoms with E-state index in [-0.39, 0.29) is 5.91 Å².